The van der Waals surface area contributed by atoms with E-state index in [0.717, 1.165) is 0 Å². The van der Waals surface area contributed by atoms with Crippen LogP contribution in [0.2, 0.25) is 10.0 Å². The Morgan fingerprint density at radius 2 is 1.92 bits per heavy atom. The third-order valence-electron chi connectivity index (χ3n) is 3.23. The molecule has 0 aliphatic rings. The topological polar surface area (TPSA) is 76.6 Å². The van der Waals surface area contributed by atoms with Crippen LogP contribution in [0.15, 0.2) is 46.6 Å². The van der Waals surface area contributed by atoms with Crippen molar-refractivity contribution < 1.29 is 4.74 Å². The predicted octanol–water partition coefficient (Wildman–Crippen LogP) is 4.12. The van der Waals surface area contributed by atoms with E-state index in [2.05, 4.69) is 15.2 Å². The Labute approximate surface area is 158 Å². The molecule has 2 aromatic heterocycles. The van der Waals surface area contributed by atoms with Gasteiger partial charge in [0.1, 0.15) is 23.5 Å². The van der Waals surface area contributed by atoms with Crippen molar-refractivity contribution in [2.24, 2.45) is 7.05 Å². The molecule has 0 radical (unpaired) electrons. The van der Waals surface area contributed by atoms with Gasteiger partial charge in [0, 0.05) is 12.1 Å². The number of nitriles is 1. The molecular formula is C16H11Cl2N5OS. The highest BCUT2D eigenvalue weighted by Gasteiger charge is 2.13. The Hall–Kier alpha value is -2.27. The van der Waals surface area contributed by atoms with Crippen LogP contribution in [0.4, 0.5) is 0 Å². The average Bonchev–Trinajstić information content (AvgIpc) is 2.96. The highest BCUT2D eigenvalue weighted by Crippen LogP contribution is 2.27. The molecule has 0 saturated carbocycles. The summed E-state index contributed by atoms with van der Waals surface area (Å²) in [5, 5.41) is 19.5. The Balaban J connectivity index is 1.70. The Morgan fingerprint density at radius 1 is 1.16 bits per heavy atom. The van der Waals surface area contributed by atoms with Gasteiger partial charge in [0.05, 0.1) is 5.02 Å². The minimum atomic E-state index is 0.181. The first-order valence-electron chi connectivity index (χ1n) is 7.08. The smallest absolute Gasteiger partial charge is 0.197 e. The number of benzene rings is 1. The molecule has 1 aromatic carbocycles. The van der Waals surface area contributed by atoms with E-state index in [1.54, 1.807) is 36.4 Å². The second-order valence-electron chi connectivity index (χ2n) is 4.89. The predicted molar refractivity (Wildman–Crippen MR) is 94.9 cm³/mol. The van der Waals surface area contributed by atoms with Crippen molar-refractivity contribution in [3.8, 4) is 11.8 Å². The van der Waals surface area contributed by atoms with Crippen LogP contribution in [-0.4, -0.2) is 19.7 Å². The highest BCUT2D eigenvalue weighted by atomic mass is 35.5. The van der Waals surface area contributed by atoms with E-state index < -0.39 is 0 Å². The molecule has 0 bridgehead atoms. The van der Waals surface area contributed by atoms with E-state index in [9.17, 15) is 0 Å². The summed E-state index contributed by atoms with van der Waals surface area (Å²) in [6.45, 7) is 0.267. The second-order valence-corrected chi connectivity index (χ2v) is 6.73. The number of nitrogens with zero attached hydrogens (tertiary/aromatic N) is 5. The first-order valence-corrected chi connectivity index (χ1v) is 8.65. The lowest BCUT2D eigenvalue weighted by molar-refractivity contribution is 0.290. The molecule has 0 unspecified atom stereocenters. The Bertz CT molecular complexity index is 937. The fourth-order valence-corrected chi connectivity index (χ4v) is 2.95. The van der Waals surface area contributed by atoms with Crippen LogP contribution < -0.4 is 4.74 Å². The lowest BCUT2D eigenvalue weighted by Crippen LogP contribution is -2.04. The van der Waals surface area contributed by atoms with Gasteiger partial charge in [-0.1, -0.05) is 23.2 Å². The molecule has 0 aliphatic carbocycles. The van der Waals surface area contributed by atoms with Crippen molar-refractivity contribution in [2.45, 2.75) is 16.8 Å². The molecule has 9 heteroatoms. The summed E-state index contributed by atoms with van der Waals surface area (Å²) in [5.41, 5.74) is 0.181. The lowest BCUT2D eigenvalue weighted by Gasteiger charge is -2.06. The van der Waals surface area contributed by atoms with E-state index in [1.165, 1.54) is 11.8 Å². The maximum absolute atomic E-state index is 9.00. The van der Waals surface area contributed by atoms with Crippen molar-refractivity contribution in [2.75, 3.05) is 0 Å². The van der Waals surface area contributed by atoms with E-state index >= 15 is 0 Å². The summed E-state index contributed by atoms with van der Waals surface area (Å²) >= 11 is 13.0. The van der Waals surface area contributed by atoms with Gasteiger partial charge in [-0.3, -0.25) is 0 Å². The van der Waals surface area contributed by atoms with Gasteiger partial charge in [0.25, 0.3) is 0 Å². The van der Waals surface area contributed by atoms with Crippen LogP contribution in [-0.2, 0) is 13.7 Å². The third-order valence-corrected chi connectivity index (χ3v) is 4.76. The molecule has 126 valence electrons. The number of pyridine rings is 1. The number of halogens is 2. The standard InChI is InChI=1S/C16H11Cl2N5OS/c1-23-14(9-24-11-4-2-10(17)3-5-11)21-22-16(23)25-15-7-6-12(18)13(8-19)20-15/h2-7H,9H2,1H3. The minimum absolute atomic E-state index is 0.181. The van der Waals surface area contributed by atoms with Crippen LogP contribution in [0.25, 0.3) is 0 Å². The SMILES string of the molecule is Cn1c(COc2ccc(Cl)cc2)nnc1Sc1ccc(Cl)c(C#N)n1. The van der Waals surface area contributed by atoms with E-state index in [-0.39, 0.29) is 12.3 Å². The molecule has 3 aromatic rings. The van der Waals surface area contributed by atoms with E-state index in [4.69, 9.17) is 33.2 Å². The zero-order valence-electron chi connectivity index (χ0n) is 13.0. The highest BCUT2D eigenvalue weighted by molar-refractivity contribution is 7.99. The number of hydrogen-bond acceptors (Lipinski definition) is 6. The average molecular weight is 392 g/mol. The fourth-order valence-electron chi connectivity index (χ4n) is 1.89. The summed E-state index contributed by atoms with van der Waals surface area (Å²) in [5.74, 6) is 1.35. The molecule has 3 rings (SSSR count). The van der Waals surface area contributed by atoms with Crippen LogP contribution in [0, 0.1) is 11.3 Å². The number of aromatic nitrogens is 4. The number of rotatable bonds is 5. The van der Waals surface area contributed by atoms with Gasteiger partial charge in [0.15, 0.2) is 16.7 Å². The van der Waals surface area contributed by atoms with Gasteiger partial charge in [-0.15, -0.1) is 10.2 Å². The van der Waals surface area contributed by atoms with Crippen LogP contribution in [0.3, 0.4) is 0 Å². The first-order chi connectivity index (χ1) is 12.1. The molecule has 6 nitrogen and oxygen atoms in total. The largest absolute Gasteiger partial charge is 0.486 e. The van der Waals surface area contributed by atoms with Gasteiger partial charge in [0.2, 0.25) is 0 Å². The summed E-state index contributed by atoms with van der Waals surface area (Å²) in [6, 6.07) is 12.4. The lowest BCUT2D eigenvalue weighted by atomic mass is 10.3. The summed E-state index contributed by atoms with van der Waals surface area (Å²) in [6.07, 6.45) is 0. The molecule has 0 amide bonds. The molecule has 2 heterocycles. The molecule has 0 N–H and O–H groups in total. The molecule has 0 saturated heterocycles. The van der Waals surface area contributed by atoms with E-state index in [1.807, 2.05) is 17.7 Å². The Morgan fingerprint density at radius 3 is 2.64 bits per heavy atom. The van der Waals surface area contributed by atoms with Gasteiger partial charge in [-0.2, -0.15) is 5.26 Å². The van der Waals surface area contributed by atoms with Gasteiger partial charge in [-0.05, 0) is 48.2 Å². The number of ether oxygens (including phenoxy) is 1. The van der Waals surface area contributed by atoms with Crippen molar-refractivity contribution in [1.29, 1.82) is 5.26 Å². The molecular weight excluding hydrogens is 381 g/mol. The monoisotopic (exact) mass is 391 g/mol. The second kappa shape index (κ2) is 7.74. The fraction of sp³-hybridized carbons (Fsp3) is 0.125. The molecule has 25 heavy (non-hydrogen) atoms. The van der Waals surface area contributed by atoms with Crippen LogP contribution in [0.1, 0.15) is 11.5 Å². The first kappa shape index (κ1) is 17.5. The van der Waals surface area contributed by atoms with Gasteiger partial charge < -0.3 is 9.30 Å². The summed E-state index contributed by atoms with van der Waals surface area (Å²) in [7, 11) is 1.84. The summed E-state index contributed by atoms with van der Waals surface area (Å²) < 4.78 is 7.48. The van der Waals surface area contributed by atoms with E-state index in [0.29, 0.717) is 31.8 Å². The van der Waals surface area contributed by atoms with Crippen LogP contribution >= 0.6 is 35.0 Å². The third kappa shape index (κ3) is 4.23. The quantitative estimate of drug-likeness (QED) is 0.650. The summed E-state index contributed by atoms with van der Waals surface area (Å²) in [4.78, 5) is 4.18. The van der Waals surface area contributed by atoms with Crippen molar-refractivity contribution in [3.63, 3.8) is 0 Å². The van der Waals surface area contributed by atoms with Crippen molar-refractivity contribution >= 4 is 35.0 Å². The van der Waals surface area contributed by atoms with Crippen molar-refractivity contribution in [1.82, 2.24) is 19.7 Å². The maximum Gasteiger partial charge on any atom is 0.197 e. The molecule has 0 spiro atoms. The van der Waals surface area contributed by atoms with Crippen LogP contribution in [0.5, 0.6) is 5.75 Å². The minimum Gasteiger partial charge on any atom is -0.486 e. The van der Waals surface area contributed by atoms with Gasteiger partial charge in [-0.25, -0.2) is 4.98 Å². The maximum atomic E-state index is 9.00. The molecule has 0 atom stereocenters. The number of hydrogen-bond donors (Lipinski definition) is 0. The molecule has 0 fully saturated rings. The van der Waals surface area contributed by atoms with Gasteiger partial charge >= 0.3 is 0 Å². The zero-order valence-corrected chi connectivity index (χ0v) is 15.3. The zero-order chi connectivity index (χ0) is 17.8. The Kier molecular flexibility index (Phi) is 5.43. The normalized spacial score (nSPS) is 10.5. The van der Waals surface area contributed by atoms with Crippen molar-refractivity contribution in [3.05, 3.63) is 58.0 Å². The molecule has 0 aliphatic heterocycles.